The molecule has 2 heterocycles. The lowest BCUT2D eigenvalue weighted by atomic mass is 10.1. The molecule has 110 valence electrons. The number of rotatable bonds is 4. The first-order chi connectivity index (χ1) is 9.99. The van der Waals surface area contributed by atoms with E-state index in [4.69, 9.17) is 0 Å². The second-order valence-corrected chi connectivity index (χ2v) is 7.15. The third-order valence-electron chi connectivity index (χ3n) is 3.00. The van der Waals surface area contributed by atoms with Gasteiger partial charge in [0.15, 0.2) is 5.82 Å². The van der Waals surface area contributed by atoms with Gasteiger partial charge in [0.05, 0.1) is 23.3 Å². The van der Waals surface area contributed by atoms with Crippen molar-refractivity contribution in [2.75, 3.05) is 0 Å². The molecule has 0 aliphatic carbocycles. The molecule has 0 aliphatic heterocycles. The molecule has 0 bridgehead atoms. The van der Waals surface area contributed by atoms with Crippen molar-refractivity contribution in [3.8, 4) is 0 Å². The van der Waals surface area contributed by atoms with Gasteiger partial charge in [0.25, 0.3) is 0 Å². The summed E-state index contributed by atoms with van der Waals surface area (Å²) in [5.41, 5.74) is 1.12. The van der Waals surface area contributed by atoms with E-state index in [-0.39, 0.29) is 5.54 Å². The summed E-state index contributed by atoms with van der Waals surface area (Å²) in [6, 6.07) is 8.18. The van der Waals surface area contributed by atoms with Crippen LogP contribution in [0.4, 0.5) is 0 Å². The number of benzene rings is 1. The average Bonchev–Trinajstić information content (AvgIpc) is 3.01. The van der Waals surface area contributed by atoms with Gasteiger partial charge in [-0.3, -0.25) is 0 Å². The SMILES string of the molecule is CC(C)(C)NCc1ncn(Cc2nc3ccccc3s2)n1. The summed E-state index contributed by atoms with van der Waals surface area (Å²) in [6.45, 7) is 7.74. The zero-order valence-corrected chi connectivity index (χ0v) is 13.3. The number of nitrogens with zero attached hydrogens (tertiary/aromatic N) is 4. The first kappa shape index (κ1) is 14.2. The van der Waals surface area contributed by atoms with Crippen LogP contribution in [0.3, 0.4) is 0 Å². The van der Waals surface area contributed by atoms with E-state index in [1.165, 1.54) is 4.70 Å². The highest BCUT2D eigenvalue weighted by atomic mass is 32.1. The largest absolute Gasteiger partial charge is 0.305 e. The number of para-hydroxylation sites is 1. The molecular weight excluding hydrogens is 282 g/mol. The molecule has 5 nitrogen and oxygen atoms in total. The monoisotopic (exact) mass is 301 g/mol. The van der Waals surface area contributed by atoms with Crippen LogP contribution in [0.15, 0.2) is 30.6 Å². The standard InChI is InChI=1S/C15H19N5S/c1-15(2,3)17-8-13-16-10-20(19-13)9-14-18-11-6-4-5-7-12(11)21-14/h4-7,10,17H,8-9H2,1-3H3. The fourth-order valence-electron chi connectivity index (χ4n) is 1.96. The number of aromatic nitrogens is 4. The normalized spacial score (nSPS) is 12.1. The predicted molar refractivity (Wildman–Crippen MR) is 85.3 cm³/mol. The van der Waals surface area contributed by atoms with E-state index in [0.29, 0.717) is 13.1 Å². The van der Waals surface area contributed by atoms with Crippen LogP contribution in [0.2, 0.25) is 0 Å². The predicted octanol–water partition coefficient (Wildman–Crippen LogP) is 2.82. The first-order valence-corrected chi connectivity index (χ1v) is 7.79. The third-order valence-corrected chi connectivity index (χ3v) is 4.02. The summed E-state index contributed by atoms with van der Waals surface area (Å²) in [4.78, 5) is 8.95. The van der Waals surface area contributed by atoms with Crippen molar-refractivity contribution in [2.45, 2.75) is 39.4 Å². The van der Waals surface area contributed by atoms with E-state index >= 15 is 0 Å². The van der Waals surface area contributed by atoms with E-state index in [9.17, 15) is 0 Å². The minimum Gasteiger partial charge on any atom is -0.305 e. The average molecular weight is 301 g/mol. The Morgan fingerprint density at radius 1 is 1.24 bits per heavy atom. The Labute approximate surface area is 128 Å². The topological polar surface area (TPSA) is 55.6 Å². The zero-order valence-electron chi connectivity index (χ0n) is 12.5. The van der Waals surface area contributed by atoms with Crippen molar-refractivity contribution in [2.24, 2.45) is 0 Å². The summed E-state index contributed by atoms with van der Waals surface area (Å²) < 4.78 is 3.06. The molecule has 6 heteroatoms. The molecule has 0 aliphatic rings. The molecular formula is C15H19N5S. The lowest BCUT2D eigenvalue weighted by Crippen LogP contribution is -2.35. The van der Waals surface area contributed by atoms with E-state index < -0.39 is 0 Å². The molecule has 0 atom stereocenters. The summed E-state index contributed by atoms with van der Waals surface area (Å²) >= 11 is 1.70. The number of hydrogen-bond acceptors (Lipinski definition) is 5. The Morgan fingerprint density at radius 2 is 2.05 bits per heavy atom. The summed E-state index contributed by atoms with van der Waals surface area (Å²) in [6.07, 6.45) is 1.77. The maximum Gasteiger partial charge on any atom is 0.164 e. The fourth-order valence-corrected chi connectivity index (χ4v) is 2.92. The van der Waals surface area contributed by atoms with Gasteiger partial charge in [-0.15, -0.1) is 11.3 Å². The molecule has 0 spiro atoms. The van der Waals surface area contributed by atoms with Crippen LogP contribution in [0.1, 0.15) is 31.6 Å². The number of nitrogens with one attached hydrogen (secondary N) is 1. The molecule has 3 rings (SSSR count). The lowest BCUT2D eigenvalue weighted by Gasteiger charge is -2.19. The second-order valence-electron chi connectivity index (χ2n) is 6.04. The minimum atomic E-state index is 0.0679. The van der Waals surface area contributed by atoms with Crippen molar-refractivity contribution in [1.82, 2.24) is 25.1 Å². The van der Waals surface area contributed by atoms with Gasteiger partial charge in [0.2, 0.25) is 0 Å². The molecule has 0 unspecified atom stereocenters. The molecule has 0 amide bonds. The van der Waals surface area contributed by atoms with Crippen LogP contribution >= 0.6 is 11.3 Å². The fraction of sp³-hybridized carbons (Fsp3) is 0.400. The first-order valence-electron chi connectivity index (χ1n) is 6.97. The van der Waals surface area contributed by atoms with Crippen molar-refractivity contribution >= 4 is 21.6 Å². The highest BCUT2D eigenvalue weighted by Gasteiger charge is 2.11. The Morgan fingerprint density at radius 3 is 2.81 bits per heavy atom. The van der Waals surface area contributed by atoms with Crippen LogP contribution in [-0.2, 0) is 13.1 Å². The molecule has 0 saturated heterocycles. The van der Waals surface area contributed by atoms with Gasteiger partial charge in [0.1, 0.15) is 11.3 Å². The molecule has 21 heavy (non-hydrogen) atoms. The van der Waals surface area contributed by atoms with Crippen molar-refractivity contribution in [3.05, 3.63) is 41.4 Å². The maximum absolute atomic E-state index is 4.62. The Bertz CT molecular complexity index is 705. The van der Waals surface area contributed by atoms with Crippen LogP contribution in [0.5, 0.6) is 0 Å². The van der Waals surface area contributed by atoms with E-state index in [0.717, 1.165) is 16.3 Å². The maximum atomic E-state index is 4.62. The minimum absolute atomic E-state index is 0.0679. The molecule has 1 aromatic carbocycles. The van der Waals surface area contributed by atoms with Crippen LogP contribution in [0.25, 0.3) is 10.2 Å². The van der Waals surface area contributed by atoms with Crippen LogP contribution in [0, 0.1) is 0 Å². The van der Waals surface area contributed by atoms with Crippen molar-refractivity contribution in [1.29, 1.82) is 0 Å². The molecule has 2 aromatic heterocycles. The Balaban J connectivity index is 1.69. The molecule has 0 radical (unpaired) electrons. The van der Waals surface area contributed by atoms with Gasteiger partial charge >= 0.3 is 0 Å². The molecule has 0 saturated carbocycles. The van der Waals surface area contributed by atoms with Gasteiger partial charge in [0, 0.05) is 5.54 Å². The molecule has 0 fully saturated rings. The van der Waals surface area contributed by atoms with Crippen LogP contribution in [-0.4, -0.2) is 25.3 Å². The summed E-state index contributed by atoms with van der Waals surface area (Å²) in [5, 5.41) is 8.93. The van der Waals surface area contributed by atoms with Gasteiger partial charge < -0.3 is 5.32 Å². The van der Waals surface area contributed by atoms with E-state index in [1.54, 1.807) is 17.7 Å². The van der Waals surface area contributed by atoms with Gasteiger partial charge in [-0.2, -0.15) is 5.10 Å². The smallest absolute Gasteiger partial charge is 0.164 e. The molecule has 1 N–H and O–H groups in total. The third kappa shape index (κ3) is 3.65. The summed E-state index contributed by atoms with van der Waals surface area (Å²) in [7, 11) is 0. The Hall–Kier alpha value is -1.79. The van der Waals surface area contributed by atoms with E-state index in [2.05, 4.69) is 47.2 Å². The highest BCUT2D eigenvalue weighted by molar-refractivity contribution is 7.18. The number of fused-ring (bicyclic) bond motifs is 1. The van der Waals surface area contributed by atoms with Gasteiger partial charge in [-0.1, -0.05) is 12.1 Å². The summed E-state index contributed by atoms with van der Waals surface area (Å²) in [5.74, 6) is 0.811. The quantitative estimate of drug-likeness (QED) is 0.805. The molecule has 3 aromatic rings. The number of hydrogen-bond donors (Lipinski definition) is 1. The van der Waals surface area contributed by atoms with Crippen molar-refractivity contribution in [3.63, 3.8) is 0 Å². The zero-order chi connectivity index (χ0) is 14.9. The van der Waals surface area contributed by atoms with E-state index in [1.807, 2.05) is 22.9 Å². The highest BCUT2D eigenvalue weighted by Crippen LogP contribution is 2.21. The van der Waals surface area contributed by atoms with Gasteiger partial charge in [-0.05, 0) is 32.9 Å². The Kier molecular flexibility index (Phi) is 3.73. The second kappa shape index (κ2) is 5.54. The van der Waals surface area contributed by atoms with Crippen LogP contribution < -0.4 is 5.32 Å². The number of thiazole rings is 1. The lowest BCUT2D eigenvalue weighted by molar-refractivity contribution is 0.417. The van der Waals surface area contributed by atoms with Gasteiger partial charge in [-0.25, -0.2) is 14.6 Å². The van der Waals surface area contributed by atoms with Crippen molar-refractivity contribution < 1.29 is 0 Å².